The summed E-state index contributed by atoms with van der Waals surface area (Å²) in [7, 11) is -3.59. The quantitative estimate of drug-likeness (QED) is 0.326. The fourth-order valence-electron chi connectivity index (χ4n) is 5.81. The number of allylic oxidation sites excluding steroid dienone is 1. The minimum absolute atomic E-state index is 0.0417. The molecule has 5 atom stereocenters. The van der Waals surface area contributed by atoms with Gasteiger partial charge in [0.2, 0.25) is 10.0 Å². The zero-order valence-electron chi connectivity index (χ0n) is 23.7. The smallest absolute Gasteiger partial charge is 0.335 e. The second-order valence-corrected chi connectivity index (χ2v) is 14.0. The minimum atomic E-state index is -3.59. The van der Waals surface area contributed by atoms with Gasteiger partial charge in [0.1, 0.15) is 12.4 Å². The van der Waals surface area contributed by atoms with Crippen molar-refractivity contribution in [3.05, 3.63) is 70.3 Å². The third kappa shape index (κ3) is 8.25. The SMILES string of the molecule is C[C@H](C[C@@H](C)/C=C/C(O)C1CCC1CN1CCCCc2cc(Cl)ccc2COc2ccc(C(=O)O)cc21)S(N)(=O)=O. The summed E-state index contributed by atoms with van der Waals surface area (Å²) in [6, 6.07) is 10.8. The van der Waals surface area contributed by atoms with Gasteiger partial charge < -0.3 is 19.8 Å². The van der Waals surface area contributed by atoms with E-state index in [1.165, 1.54) is 0 Å². The molecule has 1 heterocycles. The Morgan fingerprint density at radius 3 is 2.61 bits per heavy atom. The van der Waals surface area contributed by atoms with E-state index in [2.05, 4.69) is 4.90 Å². The highest BCUT2D eigenvalue weighted by molar-refractivity contribution is 7.89. The molecule has 4 N–H and O–H groups in total. The molecule has 41 heavy (non-hydrogen) atoms. The monoisotopic (exact) mass is 604 g/mol. The number of carbonyl (C=O) groups is 1. The number of anilines is 1. The van der Waals surface area contributed by atoms with Crippen LogP contribution in [0.15, 0.2) is 48.6 Å². The van der Waals surface area contributed by atoms with Crippen LogP contribution in [0.2, 0.25) is 5.02 Å². The fraction of sp³-hybridized carbons (Fsp3) is 0.516. The van der Waals surface area contributed by atoms with E-state index in [0.717, 1.165) is 55.5 Å². The molecule has 1 aliphatic carbocycles. The molecule has 0 spiro atoms. The number of hydrogen-bond donors (Lipinski definition) is 3. The molecule has 0 amide bonds. The van der Waals surface area contributed by atoms with Crippen LogP contribution in [0.25, 0.3) is 0 Å². The predicted molar refractivity (Wildman–Crippen MR) is 162 cm³/mol. The molecule has 0 aromatic heterocycles. The number of fused-ring (bicyclic) bond motifs is 2. The van der Waals surface area contributed by atoms with Crippen molar-refractivity contribution < 1.29 is 28.2 Å². The van der Waals surface area contributed by atoms with E-state index in [1.807, 2.05) is 31.2 Å². The molecule has 3 unspecified atom stereocenters. The van der Waals surface area contributed by atoms with Crippen LogP contribution < -0.4 is 14.8 Å². The van der Waals surface area contributed by atoms with Crippen LogP contribution in [0.5, 0.6) is 5.75 Å². The molecule has 1 saturated carbocycles. The Balaban J connectivity index is 1.51. The zero-order chi connectivity index (χ0) is 29.7. The third-order valence-electron chi connectivity index (χ3n) is 8.49. The summed E-state index contributed by atoms with van der Waals surface area (Å²) in [6.07, 6.45) is 7.99. The molecule has 0 bridgehead atoms. The number of hydrogen-bond acceptors (Lipinski definition) is 6. The lowest BCUT2D eigenvalue weighted by molar-refractivity contribution is 0.0459. The van der Waals surface area contributed by atoms with Crippen molar-refractivity contribution in [1.29, 1.82) is 0 Å². The Morgan fingerprint density at radius 2 is 1.93 bits per heavy atom. The van der Waals surface area contributed by atoms with Crippen molar-refractivity contribution in [1.82, 2.24) is 0 Å². The molecular formula is C31H41ClN2O6S. The van der Waals surface area contributed by atoms with Crippen molar-refractivity contribution in [2.75, 3.05) is 18.0 Å². The Bertz CT molecular complexity index is 1360. The predicted octanol–water partition coefficient (Wildman–Crippen LogP) is 5.41. The second-order valence-electron chi connectivity index (χ2n) is 11.6. The van der Waals surface area contributed by atoms with E-state index >= 15 is 0 Å². The van der Waals surface area contributed by atoms with Crippen molar-refractivity contribution in [3.63, 3.8) is 0 Å². The Labute approximate surface area is 248 Å². The number of rotatable bonds is 9. The topological polar surface area (TPSA) is 130 Å². The van der Waals surface area contributed by atoms with E-state index in [4.69, 9.17) is 21.5 Å². The number of ether oxygens (including phenoxy) is 1. The number of carboxylic acids is 1. The summed E-state index contributed by atoms with van der Waals surface area (Å²) in [5, 5.41) is 26.0. The van der Waals surface area contributed by atoms with E-state index in [9.17, 15) is 23.4 Å². The zero-order valence-corrected chi connectivity index (χ0v) is 25.3. The first-order valence-electron chi connectivity index (χ1n) is 14.3. The highest BCUT2D eigenvalue weighted by atomic mass is 35.5. The third-order valence-corrected chi connectivity index (χ3v) is 10.0. The van der Waals surface area contributed by atoms with Gasteiger partial charge in [-0.3, -0.25) is 0 Å². The number of primary sulfonamides is 1. The molecule has 4 rings (SSSR count). The maximum absolute atomic E-state index is 11.8. The van der Waals surface area contributed by atoms with Crippen molar-refractivity contribution in [3.8, 4) is 5.75 Å². The van der Waals surface area contributed by atoms with Crippen molar-refractivity contribution >= 4 is 33.3 Å². The van der Waals surface area contributed by atoms with Gasteiger partial charge in [0.05, 0.1) is 22.6 Å². The Morgan fingerprint density at radius 1 is 1.15 bits per heavy atom. The first-order chi connectivity index (χ1) is 19.4. The summed E-state index contributed by atoms with van der Waals surface area (Å²) in [5.74, 6) is -0.122. The van der Waals surface area contributed by atoms with Gasteiger partial charge in [-0.15, -0.1) is 0 Å². The lowest BCUT2D eigenvalue weighted by Crippen LogP contribution is -2.43. The maximum atomic E-state index is 11.8. The van der Waals surface area contributed by atoms with Crippen LogP contribution in [0.1, 0.15) is 67.4 Å². The summed E-state index contributed by atoms with van der Waals surface area (Å²) in [5.41, 5.74) is 3.19. The van der Waals surface area contributed by atoms with Gasteiger partial charge in [-0.1, -0.05) is 36.7 Å². The molecule has 1 fully saturated rings. The summed E-state index contributed by atoms with van der Waals surface area (Å²) in [4.78, 5) is 14.1. The van der Waals surface area contributed by atoms with Gasteiger partial charge in [0.15, 0.2) is 0 Å². The highest BCUT2D eigenvalue weighted by Crippen LogP contribution is 2.41. The van der Waals surface area contributed by atoms with E-state index in [-0.39, 0.29) is 23.3 Å². The molecule has 8 nitrogen and oxygen atoms in total. The van der Waals surface area contributed by atoms with E-state index in [0.29, 0.717) is 30.3 Å². The van der Waals surface area contributed by atoms with Crippen molar-refractivity contribution in [2.45, 2.75) is 70.3 Å². The number of halogens is 1. The van der Waals surface area contributed by atoms with Crippen LogP contribution in [0.4, 0.5) is 5.69 Å². The van der Waals surface area contributed by atoms with Crippen LogP contribution in [-0.2, 0) is 23.1 Å². The maximum Gasteiger partial charge on any atom is 0.335 e. The van der Waals surface area contributed by atoms with Gasteiger partial charge in [0, 0.05) is 18.1 Å². The van der Waals surface area contributed by atoms with Crippen LogP contribution in [0, 0.1) is 17.8 Å². The highest BCUT2D eigenvalue weighted by Gasteiger charge is 2.37. The molecule has 224 valence electrons. The van der Waals surface area contributed by atoms with Crippen LogP contribution in [-0.4, -0.2) is 49.0 Å². The summed E-state index contributed by atoms with van der Waals surface area (Å²) in [6.45, 7) is 5.27. The van der Waals surface area contributed by atoms with Crippen molar-refractivity contribution in [2.24, 2.45) is 22.9 Å². The number of carboxylic acid groups (broad SMARTS) is 1. The standard InChI is InChI=1S/C31H41ClN2O6S/c1-20(15-21(2)41(33,38)39)6-12-29(35)27-11-8-24(27)18-34-14-4-3-5-22-16-26(32)10-7-25(22)19-40-30-13-9-23(31(36)37)17-28(30)34/h6-7,9-10,12-13,16-17,20-21,24,27,29,35H,3-5,8,11,14-15,18-19H2,1-2H3,(H,36,37)(H2,33,38,39)/b12-6+/t20-,21+,24?,27?,29?/m0/s1. The summed E-state index contributed by atoms with van der Waals surface area (Å²) < 4.78 is 29.4. The first kappa shape index (κ1) is 31.3. The van der Waals surface area contributed by atoms with E-state index < -0.39 is 27.3 Å². The number of aryl methyl sites for hydroxylation is 1. The molecule has 2 aromatic carbocycles. The lowest BCUT2D eigenvalue weighted by Gasteiger charge is -2.42. The number of benzene rings is 2. The molecule has 2 aromatic rings. The molecule has 2 aliphatic rings. The molecule has 0 radical (unpaired) electrons. The first-order valence-corrected chi connectivity index (χ1v) is 16.3. The van der Waals surface area contributed by atoms with Gasteiger partial charge in [-0.25, -0.2) is 18.4 Å². The van der Waals surface area contributed by atoms with E-state index in [1.54, 1.807) is 31.2 Å². The number of sulfonamides is 1. The molecule has 10 heteroatoms. The van der Waals surface area contributed by atoms with Gasteiger partial charge in [-0.2, -0.15) is 0 Å². The number of aliphatic hydroxyl groups excluding tert-OH is 1. The molecular weight excluding hydrogens is 564 g/mol. The number of nitrogens with zero attached hydrogens (tertiary/aromatic N) is 1. The second kappa shape index (κ2) is 13.6. The van der Waals surface area contributed by atoms with Crippen LogP contribution >= 0.6 is 11.6 Å². The average molecular weight is 605 g/mol. The van der Waals surface area contributed by atoms with Crippen LogP contribution in [0.3, 0.4) is 0 Å². The number of aliphatic hydroxyl groups is 1. The normalized spacial score (nSPS) is 21.9. The molecule has 1 aliphatic heterocycles. The number of aromatic carboxylic acids is 1. The fourth-order valence-corrected chi connectivity index (χ4v) is 6.57. The van der Waals surface area contributed by atoms with Gasteiger partial charge >= 0.3 is 5.97 Å². The Hall–Kier alpha value is -2.59. The van der Waals surface area contributed by atoms with Gasteiger partial charge in [-0.05, 0) is 105 Å². The molecule has 0 saturated heterocycles. The Kier molecular flexibility index (Phi) is 10.4. The minimum Gasteiger partial charge on any atom is -0.487 e. The lowest BCUT2D eigenvalue weighted by atomic mass is 9.70. The summed E-state index contributed by atoms with van der Waals surface area (Å²) >= 11 is 6.27. The largest absolute Gasteiger partial charge is 0.487 e. The van der Waals surface area contributed by atoms with Gasteiger partial charge in [0.25, 0.3) is 0 Å². The average Bonchev–Trinajstić information content (AvgIpc) is 2.92. The number of nitrogens with two attached hydrogens (primary N) is 1.